The van der Waals surface area contributed by atoms with Crippen LogP contribution in [0.2, 0.25) is 19.6 Å². The largest absolute Gasteiger partial charge is 0.455 e. The minimum absolute atomic E-state index is 0. The molecule has 0 aliphatic heterocycles. The number of hydrogen-bond donors (Lipinski definition) is 0. The second-order valence-corrected chi connectivity index (χ2v) is 27.5. The van der Waals surface area contributed by atoms with Crippen LogP contribution >= 0.6 is 0 Å². The summed E-state index contributed by atoms with van der Waals surface area (Å²) in [6.45, 7) is 27.6. The first-order chi connectivity index (χ1) is 33.4. The van der Waals surface area contributed by atoms with Gasteiger partial charge in [-0.25, -0.2) is 0 Å². The molecule has 0 fully saturated rings. The van der Waals surface area contributed by atoms with Gasteiger partial charge in [0.05, 0.1) is 25.2 Å². The Kier molecular flexibility index (Phi) is 16.7. The fourth-order valence-corrected chi connectivity index (χ4v) is 11.2. The van der Waals surface area contributed by atoms with Gasteiger partial charge in [0, 0.05) is 66.2 Å². The summed E-state index contributed by atoms with van der Waals surface area (Å²) >= 11 is 0. The molecule has 0 saturated heterocycles. The fourth-order valence-electron chi connectivity index (χ4n) is 9.52. The molecule has 4 heterocycles. The topological polar surface area (TPSA) is 51.8 Å². The van der Waals surface area contributed by atoms with Crippen LogP contribution in [0.5, 0.6) is 0 Å². The molecule has 1 aliphatic rings. The van der Waals surface area contributed by atoms with E-state index in [0.717, 1.165) is 63.8 Å². The van der Waals surface area contributed by atoms with E-state index in [2.05, 4.69) is 208 Å². The molecular weight excluding hydrogens is 1060 g/mol. The molecule has 0 spiro atoms. The van der Waals surface area contributed by atoms with Crippen molar-refractivity contribution in [1.29, 1.82) is 0 Å². The zero-order valence-electron chi connectivity index (χ0n) is 44.2. The van der Waals surface area contributed by atoms with E-state index in [-0.39, 0.29) is 30.9 Å². The average Bonchev–Trinajstić information content (AvgIpc) is 3.74. The van der Waals surface area contributed by atoms with Crippen LogP contribution < -0.4 is 5.19 Å². The van der Waals surface area contributed by atoms with Gasteiger partial charge in [-0.15, -0.1) is 0 Å². The Balaban J connectivity index is 0.000000181. The third-order valence-electron chi connectivity index (χ3n) is 13.8. The number of para-hydroxylation sites is 1. The Morgan fingerprint density at radius 1 is 0.577 bits per heavy atom. The number of nitrogens with zero attached hydrogens (tertiary/aromatic N) is 3. The molecule has 367 valence electrons. The van der Waals surface area contributed by atoms with Gasteiger partial charge in [0.25, 0.3) is 0 Å². The molecule has 10 rings (SSSR count). The third-order valence-corrected chi connectivity index (χ3v) is 15.8. The van der Waals surface area contributed by atoms with Crippen LogP contribution in [-0.2, 0) is 50.2 Å². The van der Waals surface area contributed by atoms with Gasteiger partial charge < -0.3 is 4.42 Å². The van der Waals surface area contributed by atoms with Crippen LogP contribution in [0.15, 0.2) is 163 Å². The van der Waals surface area contributed by atoms with E-state index in [1.807, 2.05) is 36.7 Å². The molecular formula is C65H73IrN3OSi. The normalized spacial score (nSPS) is 12.6. The first kappa shape index (κ1) is 53.0. The van der Waals surface area contributed by atoms with Crippen molar-refractivity contribution in [2.75, 3.05) is 0 Å². The zero-order valence-corrected chi connectivity index (χ0v) is 47.6. The van der Waals surface area contributed by atoms with E-state index in [1.54, 1.807) is 0 Å². The molecule has 1 radical (unpaired) electrons. The van der Waals surface area contributed by atoms with Gasteiger partial charge in [-0.1, -0.05) is 179 Å². The molecule has 5 aromatic carbocycles. The summed E-state index contributed by atoms with van der Waals surface area (Å²) in [5, 5.41) is 3.81. The predicted molar refractivity (Wildman–Crippen MR) is 302 cm³/mol. The van der Waals surface area contributed by atoms with Gasteiger partial charge in [-0.2, -0.15) is 0 Å². The summed E-state index contributed by atoms with van der Waals surface area (Å²) in [4.78, 5) is 13.9. The minimum Gasteiger partial charge on any atom is -0.455 e. The second kappa shape index (κ2) is 22.3. The van der Waals surface area contributed by atoms with Gasteiger partial charge in [0.15, 0.2) is 0 Å². The van der Waals surface area contributed by atoms with Gasteiger partial charge in [-0.3, -0.25) is 15.0 Å². The smallest absolute Gasteiger partial charge is 0.144 e. The number of rotatable bonds is 7. The maximum Gasteiger partial charge on any atom is 0.144 e. The summed E-state index contributed by atoms with van der Waals surface area (Å²) < 4.78 is 6.65. The summed E-state index contributed by atoms with van der Waals surface area (Å²) in [6, 6.07) is 49.7. The minimum atomic E-state index is -1.33. The van der Waals surface area contributed by atoms with E-state index in [0.29, 0.717) is 5.92 Å². The Hall–Kier alpha value is -5.78. The number of benzene rings is 5. The van der Waals surface area contributed by atoms with E-state index in [4.69, 9.17) is 14.4 Å². The van der Waals surface area contributed by atoms with E-state index in [9.17, 15) is 0 Å². The summed E-state index contributed by atoms with van der Waals surface area (Å²) in [6.07, 6.45) is 11.8. The molecule has 0 amide bonds. The monoisotopic (exact) mass is 1130 g/mol. The van der Waals surface area contributed by atoms with E-state index >= 15 is 0 Å². The summed E-state index contributed by atoms with van der Waals surface area (Å²) in [7, 11) is -1.33. The third kappa shape index (κ3) is 12.5. The molecule has 4 nitrogen and oxygen atoms in total. The number of furan rings is 1. The van der Waals surface area contributed by atoms with Crippen LogP contribution in [0, 0.1) is 0 Å². The first-order valence-electron chi connectivity index (χ1n) is 25.5. The van der Waals surface area contributed by atoms with Crippen molar-refractivity contribution in [2.24, 2.45) is 0 Å². The Labute approximate surface area is 439 Å². The molecule has 0 atom stereocenters. The van der Waals surface area contributed by atoms with Crippen molar-refractivity contribution in [3.8, 4) is 44.9 Å². The van der Waals surface area contributed by atoms with Crippen LogP contribution in [0.25, 0.3) is 66.8 Å². The number of fused-ring (bicyclic) bond motifs is 4. The molecule has 1 aliphatic carbocycles. The number of aromatic nitrogens is 3. The molecule has 4 aromatic heterocycles. The SMILES string of the molecule is CC(C)(C)c1cc(-c2ccc3c(c2)oc2c(-c4nccc5c4CCCC5)cccc23)cc(C(C)(C)C)c1.CC(C)c1cc(-c2ccccc2)ncc1[Si](C)(C)C.CCc1ccnc(-c2ccccc2)c1.[Ir]. The molecule has 0 saturated carbocycles. The summed E-state index contributed by atoms with van der Waals surface area (Å²) in [5.41, 5.74) is 19.6. The van der Waals surface area contributed by atoms with Crippen molar-refractivity contribution < 1.29 is 24.5 Å². The van der Waals surface area contributed by atoms with Crippen molar-refractivity contribution in [3.05, 3.63) is 191 Å². The zero-order chi connectivity index (χ0) is 49.8. The van der Waals surface area contributed by atoms with E-state index in [1.165, 1.54) is 73.7 Å². The van der Waals surface area contributed by atoms with Gasteiger partial charge in [-0.05, 0) is 141 Å². The molecule has 71 heavy (non-hydrogen) atoms. The average molecular weight is 1130 g/mol. The second-order valence-electron chi connectivity index (χ2n) is 22.5. The maximum absolute atomic E-state index is 6.65. The maximum atomic E-state index is 6.65. The van der Waals surface area contributed by atoms with Gasteiger partial charge >= 0.3 is 0 Å². The Bertz CT molecular complexity index is 3190. The molecule has 0 unspecified atom stereocenters. The number of hydrogen-bond acceptors (Lipinski definition) is 4. The van der Waals surface area contributed by atoms with E-state index < -0.39 is 8.07 Å². The Morgan fingerprint density at radius 3 is 1.80 bits per heavy atom. The Morgan fingerprint density at radius 2 is 1.20 bits per heavy atom. The molecule has 0 bridgehead atoms. The van der Waals surface area contributed by atoms with Crippen LogP contribution in [0.4, 0.5) is 0 Å². The number of aryl methyl sites for hydroxylation is 2. The van der Waals surface area contributed by atoms with Crippen molar-refractivity contribution in [3.63, 3.8) is 0 Å². The molecule has 0 N–H and O–H groups in total. The van der Waals surface area contributed by atoms with Crippen LogP contribution in [0.1, 0.15) is 114 Å². The van der Waals surface area contributed by atoms with Gasteiger partial charge in [0.2, 0.25) is 0 Å². The van der Waals surface area contributed by atoms with Crippen LogP contribution in [-0.4, -0.2) is 23.0 Å². The first-order valence-corrected chi connectivity index (χ1v) is 29.0. The van der Waals surface area contributed by atoms with Crippen molar-refractivity contribution in [2.45, 2.75) is 131 Å². The molecule has 9 aromatic rings. The fraction of sp³-hybridized carbons (Fsp3) is 0.308. The quantitative estimate of drug-likeness (QED) is 0.149. The van der Waals surface area contributed by atoms with Gasteiger partial charge in [0.1, 0.15) is 11.2 Å². The van der Waals surface area contributed by atoms with Crippen molar-refractivity contribution >= 4 is 35.2 Å². The predicted octanol–water partition coefficient (Wildman–Crippen LogP) is 17.5. The summed E-state index contributed by atoms with van der Waals surface area (Å²) in [5.74, 6) is 0.548. The standard InChI is InChI=1S/C35H37NO.C17H23NSi.C13H13N.Ir/c1-34(2,3)25-18-24(19-26(21-25)35(4,5)6)23-14-15-28-29-12-9-13-30(33(29)37-31(28)20-23)32-27-11-8-7-10-22(27)16-17-36-32;1-13(2)15-11-16(14-9-7-6-8-10-14)18-12-17(15)19(3,4)5;1-2-11-8-9-14-13(10-11)12-6-4-3-5-7-12;/h9,12-21H,7-8,10-11H2,1-6H3;6-13H,1-5H3;3-10H,2H2,1H3;. The molecule has 6 heteroatoms. The van der Waals surface area contributed by atoms with Crippen LogP contribution in [0.3, 0.4) is 0 Å². The van der Waals surface area contributed by atoms with Crippen molar-refractivity contribution in [1.82, 2.24) is 15.0 Å². The number of pyridine rings is 3.